The Morgan fingerprint density at radius 1 is 1.32 bits per heavy atom. The van der Waals surface area contributed by atoms with E-state index in [1.54, 1.807) is 11.8 Å². The van der Waals surface area contributed by atoms with Gasteiger partial charge in [0.15, 0.2) is 6.10 Å². The fraction of sp³-hybridized carbons (Fsp3) is 0.529. The highest BCUT2D eigenvalue weighted by Gasteiger charge is 2.31. The monoisotopic (exact) mass is 368 g/mol. The molecule has 25 heavy (non-hydrogen) atoms. The summed E-state index contributed by atoms with van der Waals surface area (Å²) >= 11 is 5.67. The number of hydrogen-bond acceptors (Lipinski definition) is 6. The zero-order chi connectivity index (χ0) is 18.4. The van der Waals surface area contributed by atoms with E-state index in [1.807, 2.05) is 0 Å². The highest BCUT2D eigenvalue weighted by molar-refractivity contribution is 6.29. The number of ether oxygens (including phenoxy) is 2. The lowest BCUT2D eigenvalue weighted by Crippen LogP contribution is -2.45. The molecule has 1 aromatic rings. The Hall–Kier alpha value is -2.15. The molecule has 1 unspecified atom stereocenters. The Labute approximate surface area is 151 Å². The fourth-order valence-corrected chi connectivity index (χ4v) is 2.74. The number of hydrogen-bond donors (Lipinski definition) is 0. The number of carbonyl (C=O) groups is 3. The highest BCUT2D eigenvalue weighted by atomic mass is 35.5. The van der Waals surface area contributed by atoms with Crippen molar-refractivity contribution in [3.05, 3.63) is 29.0 Å². The second kappa shape index (κ2) is 8.80. The van der Waals surface area contributed by atoms with E-state index in [4.69, 9.17) is 21.1 Å². The summed E-state index contributed by atoms with van der Waals surface area (Å²) in [5.41, 5.74) is 0.227. The first-order valence-electron chi connectivity index (χ1n) is 8.20. The second-order valence-corrected chi connectivity index (χ2v) is 6.16. The van der Waals surface area contributed by atoms with E-state index >= 15 is 0 Å². The summed E-state index contributed by atoms with van der Waals surface area (Å²) in [7, 11) is 0. The standard InChI is InChI=1S/C17H21ClN2O5/c1-3-24-16(22)12-6-8-20(9-7-12)15(21)11(2)25-17(23)13-4-5-14(18)19-10-13/h4-5,10-12H,3,6-9H2,1-2H3. The molecule has 0 aromatic carbocycles. The number of amides is 1. The van der Waals surface area contributed by atoms with Crippen LogP contribution in [-0.2, 0) is 19.1 Å². The van der Waals surface area contributed by atoms with Crippen LogP contribution < -0.4 is 0 Å². The molecule has 0 radical (unpaired) electrons. The van der Waals surface area contributed by atoms with Crippen LogP contribution in [-0.4, -0.2) is 53.5 Å². The first-order chi connectivity index (χ1) is 11.9. The van der Waals surface area contributed by atoms with E-state index in [1.165, 1.54) is 25.3 Å². The van der Waals surface area contributed by atoms with E-state index in [-0.39, 0.29) is 28.5 Å². The number of likely N-dealkylation sites (tertiary alicyclic amines) is 1. The van der Waals surface area contributed by atoms with Gasteiger partial charge < -0.3 is 14.4 Å². The molecule has 0 aliphatic carbocycles. The minimum absolute atomic E-state index is 0.179. The lowest BCUT2D eigenvalue weighted by molar-refractivity contribution is -0.152. The first-order valence-corrected chi connectivity index (χ1v) is 8.58. The lowest BCUT2D eigenvalue weighted by atomic mass is 9.97. The van der Waals surface area contributed by atoms with Crippen LogP contribution in [0.5, 0.6) is 0 Å². The van der Waals surface area contributed by atoms with Crippen molar-refractivity contribution in [3.8, 4) is 0 Å². The normalized spacial score (nSPS) is 16.2. The first kappa shape index (κ1) is 19.2. The number of rotatable bonds is 5. The maximum Gasteiger partial charge on any atom is 0.340 e. The largest absolute Gasteiger partial charge is 0.466 e. The van der Waals surface area contributed by atoms with Crippen molar-refractivity contribution in [3.63, 3.8) is 0 Å². The van der Waals surface area contributed by atoms with E-state index in [9.17, 15) is 14.4 Å². The molecule has 1 fully saturated rings. The Balaban J connectivity index is 1.85. The summed E-state index contributed by atoms with van der Waals surface area (Å²) in [5, 5.41) is 0.269. The molecule has 1 atom stereocenters. The van der Waals surface area contributed by atoms with E-state index in [0.29, 0.717) is 32.5 Å². The molecule has 1 amide bonds. The maximum absolute atomic E-state index is 12.4. The Bertz CT molecular complexity index is 626. The van der Waals surface area contributed by atoms with Gasteiger partial charge in [-0.25, -0.2) is 9.78 Å². The molecule has 0 N–H and O–H groups in total. The van der Waals surface area contributed by atoms with Crippen LogP contribution in [0, 0.1) is 5.92 Å². The SMILES string of the molecule is CCOC(=O)C1CCN(C(=O)C(C)OC(=O)c2ccc(Cl)nc2)CC1. The predicted octanol–water partition coefficient (Wildman–Crippen LogP) is 2.08. The lowest BCUT2D eigenvalue weighted by Gasteiger charge is -2.32. The third-order valence-electron chi connectivity index (χ3n) is 4.02. The van der Waals surface area contributed by atoms with Crippen LogP contribution in [0.25, 0.3) is 0 Å². The Morgan fingerprint density at radius 2 is 2.00 bits per heavy atom. The molecular weight excluding hydrogens is 348 g/mol. The van der Waals surface area contributed by atoms with Gasteiger partial charge in [-0.3, -0.25) is 9.59 Å². The van der Waals surface area contributed by atoms with Crippen LogP contribution in [0.2, 0.25) is 5.15 Å². The molecule has 0 saturated carbocycles. The number of carbonyl (C=O) groups excluding carboxylic acids is 3. The van der Waals surface area contributed by atoms with Crippen molar-refractivity contribution < 1.29 is 23.9 Å². The zero-order valence-electron chi connectivity index (χ0n) is 14.2. The van der Waals surface area contributed by atoms with E-state index in [0.717, 1.165) is 0 Å². The molecule has 1 aliphatic heterocycles. The van der Waals surface area contributed by atoms with Gasteiger partial charge in [0.2, 0.25) is 0 Å². The smallest absolute Gasteiger partial charge is 0.340 e. The molecule has 1 saturated heterocycles. The van der Waals surface area contributed by atoms with Crippen molar-refractivity contribution in [2.24, 2.45) is 5.92 Å². The summed E-state index contributed by atoms with van der Waals surface area (Å²) in [4.78, 5) is 41.6. The average Bonchev–Trinajstić information content (AvgIpc) is 2.61. The summed E-state index contributed by atoms with van der Waals surface area (Å²) in [6.07, 6.45) is 1.48. The van der Waals surface area contributed by atoms with Gasteiger partial charge >= 0.3 is 11.9 Å². The summed E-state index contributed by atoms with van der Waals surface area (Å²) < 4.78 is 10.2. The summed E-state index contributed by atoms with van der Waals surface area (Å²) in [6.45, 7) is 4.52. The quantitative estimate of drug-likeness (QED) is 0.584. The van der Waals surface area contributed by atoms with Crippen LogP contribution in [0.3, 0.4) is 0 Å². The van der Waals surface area contributed by atoms with Gasteiger partial charge in [0.25, 0.3) is 5.91 Å². The van der Waals surface area contributed by atoms with Crippen LogP contribution in [0.1, 0.15) is 37.0 Å². The van der Waals surface area contributed by atoms with Crippen molar-refractivity contribution >= 4 is 29.4 Å². The maximum atomic E-state index is 12.4. The van der Waals surface area contributed by atoms with E-state index in [2.05, 4.69) is 4.98 Å². The fourth-order valence-electron chi connectivity index (χ4n) is 2.63. The highest BCUT2D eigenvalue weighted by Crippen LogP contribution is 2.20. The van der Waals surface area contributed by atoms with Crippen molar-refractivity contribution in [1.82, 2.24) is 9.88 Å². The molecule has 0 bridgehead atoms. The summed E-state index contributed by atoms with van der Waals surface area (Å²) in [5.74, 6) is -1.31. The summed E-state index contributed by atoms with van der Waals surface area (Å²) in [6, 6.07) is 2.96. The van der Waals surface area contributed by atoms with Gasteiger partial charge in [0, 0.05) is 19.3 Å². The third-order valence-corrected chi connectivity index (χ3v) is 4.24. The molecule has 2 heterocycles. The Kier molecular flexibility index (Phi) is 6.75. The van der Waals surface area contributed by atoms with Gasteiger partial charge in [0.1, 0.15) is 5.15 Å². The topological polar surface area (TPSA) is 85.8 Å². The molecule has 0 spiro atoms. The molecule has 8 heteroatoms. The second-order valence-electron chi connectivity index (χ2n) is 5.77. The predicted molar refractivity (Wildman–Crippen MR) is 90.1 cm³/mol. The number of nitrogens with zero attached hydrogens (tertiary/aromatic N) is 2. The minimum atomic E-state index is -0.915. The van der Waals surface area contributed by atoms with Crippen molar-refractivity contribution in [2.45, 2.75) is 32.8 Å². The number of esters is 2. The molecule has 1 aliphatic rings. The van der Waals surface area contributed by atoms with Crippen LogP contribution in [0.4, 0.5) is 0 Å². The number of piperidine rings is 1. The van der Waals surface area contributed by atoms with Gasteiger partial charge in [0.05, 0.1) is 18.1 Å². The third kappa shape index (κ3) is 5.16. The number of halogens is 1. The zero-order valence-corrected chi connectivity index (χ0v) is 15.0. The van der Waals surface area contributed by atoms with Crippen molar-refractivity contribution in [2.75, 3.05) is 19.7 Å². The van der Waals surface area contributed by atoms with Crippen molar-refractivity contribution in [1.29, 1.82) is 0 Å². The van der Waals surface area contributed by atoms with Gasteiger partial charge in [-0.1, -0.05) is 11.6 Å². The van der Waals surface area contributed by atoms with Gasteiger partial charge in [-0.15, -0.1) is 0 Å². The molecule has 2 rings (SSSR count). The van der Waals surface area contributed by atoms with Crippen LogP contribution >= 0.6 is 11.6 Å². The van der Waals surface area contributed by atoms with Gasteiger partial charge in [-0.2, -0.15) is 0 Å². The van der Waals surface area contributed by atoms with Gasteiger partial charge in [-0.05, 0) is 38.8 Å². The molecule has 7 nitrogen and oxygen atoms in total. The molecule has 1 aromatic heterocycles. The van der Waals surface area contributed by atoms with E-state index < -0.39 is 12.1 Å². The minimum Gasteiger partial charge on any atom is -0.466 e. The molecule has 136 valence electrons. The molecular formula is C17H21ClN2O5. The average molecular weight is 369 g/mol. The number of pyridine rings is 1. The van der Waals surface area contributed by atoms with Crippen LogP contribution in [0.15, 0.2) is 18.3 Å². The number of aromatic nitrogens is 1. The Morgan fingerprint density at radius 3 is 2.56 bits per heavy atom.